The maximum Gasteiger partial charge on any atom is 0.0249 e. The van der Waals surface area contributed by atoms with E-state index in [9.17, 15) is 0 Å². The van der Waals surface area contributed by atoms with Crippen LogP contribution in [0.3, 0.4) is 0 Å². The SMILES string of the molecule is C/C=C/C(CCCC)NCC. The minimum atomic E-state index is 0.602. The molecule has 1 nitrogen and oxygen atoms in total. The molecule has 1 atom stereocenters. The van der Waals surface area contributed by atoms with Crippen molar-refractivity contribution in [1.29, 1.82) is 0 Å². The highest BCUT2D eigenvalue weighted by atomic mass is 14.9. The molecule has 0 heterocycles. The summed E-state index contributed by atoms with van der Waals surface area (Å²) >= 11 is 0. The Morgan fingerprint density at radius 3 is 2.55 bits per heavy atom. The van der Waals surface area contributed by atoms with Crippen LogP contribution in [0.25, 0.3) is 0 Å². The summed E-state index contributed by atoms with van der Waals surface area (Å²) in [5, 5.41) is 3.43. The number of hydrogen-bond donors (Lipinski definition) is 1. The number of unbranched alkanes of at least 4 members (excludes halogenated alkanes) is 1. The third-order valence-corrected chi connectivity index (χ3v) is 1.76. The van der Waals surface area contributed by atoms with E-state index < -0.39 is 0 Å². The smallest absolute Gasteiger partial charge is 0.0249 e. The Kier molecular flexibility index (Phi) is 7.59. The lowest BCUT2D eigenvalue weighted by molar-refractivity contribution is 0.548. The first-order valence-electron chi connectivity index (χ1n) is 4.71. The average Bonchev–Trinajstić information content (AvgIpc) is 2.01. The fraction of sp³-hybridized carbons (Fsp3) is 0.800. The van der Waals surface area contributed by atoms with Crippen molar-refractivity contribution in [1.82, 2.24) is 5.32 Å². The summed E-state index contributed by atoms with van der Waals surface area (Å²) in [7, 11) is 0. The van der Waals surface area contributed by atoms with Gasteiger partial charge in [0, 0.05) is 6.04 Å². The highest BCUT2D eigenvalue weighted by Crippen LogP contribution is 2.01. The molecule has 0 bridgehead atoms. The van der Waals surface area contributed by atoms with E-state index in [1.54, 1.807) is 0 Å². The quantitative estimate of drug-likeness (QED) is 0.582. The van der Waals surface area contributed by atoms with Crippen LogP contribution in [0.2, 0.25) is 0 Å². The normalized spacial score (nSPS) is 14.1. The van der Waals surface area contributed by atoms with Crippen LogP contribution in [0, 0.1) is 0 Å². The highest BCUT2D eigenvalue weighted by Gasteiger charge is 1.99. The minimum absolute atomic E-state index is 0.602. The first-order chi connectivity index (χ1) is 5.35. The molecule has 0 rings (SSSR count). The van der Waals surface area contributed by atoms with Gasteiger partial charge in [-0.05, 0) is 19.9 Å². The van der Waals surface area contributed by atoms with Crippen LogP contribution < -0.4 is 5.32 Å². The Hall–Kier alpha value is -0.300. The second kappa shape index (κ2) is 7.80. The lowest BCUT2D eigenvalue weighted by Gasteiger charge is -2.12. The largest absolute Gasteiger partial charge is 0.311 e. The maximum atomic E-state index is 3.43. The van der Waals surface area contributed by atoms with Crippen LogP contribution in [0.4, 0.5) is 0 Å². The Labute approximate surface area is 70.9 Å². The summed E-state index contributed by atoms with van der Waals surface area (Å²) in [5.74, 6) is 0. The van der Waals surface area contributed by atoms with E-state index >= 15 is 0 Å². The zero-order chi connectivity index (χ0) is 8.53. The third kappa shape index (κ3) is 6.11. The molecule has 0 aromatic rings. The van der Waals surface area contributed by atoms with Crippen LogP contribution in [0.5, 0.6) is 0 Å². The van der Waals surface area contributed by atoms with E-state index in [0.717, 1.165) is 6.54 Å². The predicted octanol–water partition coefficient (Wildman–Crippen LogP) is 2.73. The molecule has 0 aromatic heterocycles. The number of hydrogen-bond acceptors (Lipinski definition) is 1. The summed E-state index contributed by atoms with van der Waals surface area (Å²) in [5.41, 5.74) is 0. The molecule has 0 amide bonds. The molecule has 0 aliphatic carbocycles. The van der Waals surface area contributed by atoms with Crippen molar-refractivity contribution >= 4 is 0 Å². The van der Waals surface area contributed by atoms with Crippen molar-refractivity contribution in [2.45, 2.75) is 46.1 Å². The lowest BCUT2D eigenvalue weighted by Crippen LogP contribution is -2.26. The number of allylic oxidation sites excluding steroid dienone is 1. The number of likely N-dealkylation sites (N-methyl/N-ethyl adjacent to an activating group) is 1. The molecule has 0 saturated heterocycles. The van der Waals surface area contributed by atoms with Gasteiger partial charge in [0.15, 0.2) is 0 Å². The lowest BCUT2D eigenvalue weighted by atomic mass is 10.1. The summed E-state index contributed by atoms with van der Waals surface area (Å²) < 4.78 is 0. The third-order valence-electron chi connectivity index (χ3n) is 1.76. The molecule has 66 valence electrons. The van der Waals surface area contributed by atoms with Crippen molar-refractivity contribution in [2.75, 3.05) is 6.54 Å². The van der Waals surface area contributed by atoms with Gasteiger partial charge in [0.05, 0.1) is 0 Å². The maximum absolute atomic E-state index is 3.43. The second-order valence-corrected chi connectivity index (χ2v) is 2.83. The predicted molar refractivity (Wildman–Crippen MR) is 51.8 cm³/mol. The second-order valence-electron chi connectivity index (χ2n) is 2.83. The van der Waals surface area contributed by atoms with Gasteiger partial charge in [-0.1, -0.05) is 38.8 Å². The van der Waals surface area contributed by atoms with E-state index in [1.165, 1.54) is 19.3 Å². The molecule has 0 saturated carbocycles. The first-order valence-corrected chi connectivity index (χ1v) is 4.71. The summed E-state index contributed by atoms with van der Waals surface area (Å²) in [4.78, 5) is 0. The molecule has 0 aliphatic rings. The van der Waals surface area contributed by atoms with Gasteiger partial charge in [-0.3, -0.25) is 0 Å². The molecule has 0 aromatic carbocycles. The van der Waals surface area contributed by atoms with Crippen molar-refractivity contribution in [3.05, 3.63) is 12.2 Å². The minimum Gasteiger partial charge on any atom is -0.311 e. The van der Waals surface area contributed by atoms with Gasteiger partial charge in [-0.25, -0.2) is 0 Å². The number of rotatable bonds is 6. The van der Waals surface area contributed by atoms with E-state index in [0.29, 0.717) is 6.04 Å². The van der Waals surface area contributed by atoms with E-state index in [2.05, 4.69) is 38.2 Å². The van der Waals surface area contributed by atoms with E-state index in [4.69, 9.17) is 0 Å². The molecule has 1 unspecified atom stereocenters. The molecule has 1 heteroatoms. The fourth-order valence-corrected chi connectivity index (χ4v) is 1.18. The fourth-order valence-electron chi connectivity index (χ4n) is 1.18. The molecule has 0 spiro atoms. The monoisotopic (exact) mass is 155 g/mol. The van der Waals surface area contributed by atoms with Gasteiger partial charge in [0.25, 0.3) is 0 Å². The number of nitrogens with one attached hydrogen (secondary N) is 1. The Morgan fingerprint density at radius 2 is 2.09 bits per heavy atom. The average molecular weight is 155 g/mol. The Morgan fingerprint density at radius 1 is 1.36 bits per heavy atom. The Balaban J connectivity index is 3.51. The van der Waals surface area contributed by atoms with Crippen molar-refractivity contribution in [3.8, 4) is 0 Å². The van der Waals surface area contributed by atoms with Crippen LogP contribution in [0.1, 0.15) is 40.0 Å². The topological polar surface area (TPSA) is 12.0 Å². The van der Waals surface area contributed by atoms with Gasteiger partial charge >= 0.3 is 0 Å². The van der Waals surface area contributed by atoms with Crippen molar-refractivity contribution in [2.24, 2.45) is 0 Å². The zero-order valence-corrected chi connectivity index (χ0v) is 8.06. The summed E-state index contributed by atoms with van der Waals surface area (Å²) in [6.45, 7) is 7.54. The molecular formula is C10H21N. The highest BCUT2D eigenvalue weighted by molar-refractivity contribution is 4.90. The van der Waals surface area contributed by atoms with Gasteiger partial charge in [0.1, 0.15) is 0 Å². The molecule has 0 fully saturated rings. The van der Waals surface area contributed by atoms with Crippen LogP contribution in [-0.4, -0.2) is 12.6 Å². The zero-order valence-electron chi connectivity index (χ0n) is 8.06. The molecule has 11 heavy (non-hydrogen) atoms. The molecule has 0 radical (unpaired) electrons. The first kappa shape index (κ1) is 10.7. The Bertz CT molecular complexity index is 97.0. The van der Waals surface area contributed by atoms with Crippen LogP contribution in [0.15, 0.2) is 12.2 Å². The van der Waals surface area contributed by atoms with Crippen LogP contribution in [-0.2, 0) is 0 Å². The van der Waals surface area contributed by atoms with Crippen LogP contribution >= 0.6 is 0 Å². The van der Waals surface area contributed by atoms with Crippen molar-refractivity contribution < 1.29 is 0 Å². The molecule has 1 N–H and O–H groups in total. The van der Waals surface area contributed by atoms with Gasteiger partial charge < -0.3 is 5.32 Å². The molecular weight excluding hydrogens is 134 g/mol. The van der Waals surface area contributed by atoms with Gasteiger partial charge in [-0.2, -0.15) is 0 Å². The standard InChI is InChI=1S/C10H21N/c1-4-7-9-10(8-5-2)11-6-3/h5,8,10-11H,4,6-7,9H2,1-3H3/b8-5+. The summed E-state index contributed by atoms with van der Waals surface area (Å²) in [6, 6.07) is 0.602. The van der Waals surface area contributed by atoms with E-state index in [1.807, 2.05) is 0 Å². The van der Waals surface area contributed by atoms with E-state index in [-0.39, 0.29) is 0 Å². The van der Waals surface area contributed by atoms with Gasteiger partial charge in [-0.15, -0.1) is 0 Å². The summed E-state index contributed by atoms with van der Waals surface area (Å²) in [6.07, 6.45) is 8.26. The molecule has 0 aliphatic heterocycles. The van der Waals surface area contributed by atoms with Gasteiger partial charge in [0.2, 0.25) is 0 Å². The van der Waals surface area contributed by atoms with Crippen molar-refractivity contribution in [3.63, 3.8) is 0 Å².